The molecular formula is C27H41ClN8O3. The second-order valence-electron chi connectivity index (χ2n) is 10.9. The molecule has 3 amide bonds. The third-order valence-corrected chi connectivity index (χ3v) is 7.35. The number of carbonyl (C=O) groups is 2. The molecule has 214 valence electrons. The van der Waals surface area contributed by atoms with Crippen LogP contribution in [0.2, 0.25) is 0 Å². The van der Waals surface area contributed by atoms with E-state index in [9.17, 15) is 14.4 Å². The Labute approximate surface area is 235 Å². The molecule has 0 radical (unpaired) electrons. The van der Waals surface area contributed by atoms with Crippen molar-refractivity contribution in [3.63, 3.8) is 0 Å². The maximum atomic E-state index is 12.7. The summed E-state index contributed by atoms with van der Waals surface area (Å²) in [5.41, 5.74) is 12.1. The van der Waals surface area contributed by atoms with Crippen molar-refractivity contribution in [1.82, 2.24) is 24.3 Å². The second-order valence-corrected chi connectivity index (χ2v) is 10.9. The van der Waals surface area contributed by atoms with Crippen LogP contribution in [0.15, 0.2) is 41.3 Å². The average molecular weight is 561 g/mol. The zero-order valence-electron chi connectivity index (χ0n) is 22.8. The van der Waals surface area contributed by atoms with Crippen LogP contribution in [-0.4, -0.2) is 87.5 Å². The highest BCUT2D eigenvalue weighted by Crippen LogP contribution is 2.21. The first-order chi connectivity index (χ1) is 18.1. The summed E-state index contributed by atoms with van der Waals surface area (Å²) >= 11 is 0. The number of urea groups is 1. The molecule has 1 aromatic carbocycles. The van der Waals surface area contributed by atoms with Crippen molar-refractivity contribution in [1.29, 1.82) is 0 Å². The highest BCUT2D eigenvalue weighted by Gasteiger charge is 2.31. The van der Waals surface area contributed by atoms with Gasteiger partial charge in [0.2, 0.25) is 5.91 Å². The third-order valence-electron chi connectivity index (χ3n) is 7.35. The van der Waals surface area contributed by atoms with Crippen molar-refractivity contribution in [3.05, 3.63) is 52.6 Å². The van der Waals surface area contributed by atoms with E-state index in [1.54, 1.807) is 35.9 Å². The summed E-state index contributed by atoms with van der Waals surface area (Å²) in [7, 11) is 0. The second kappa shape index (κ2) is 13.4. The Hall–Kier alpha value is -2.99. The summed E-state index contributed by atoms with van der Waals surface area (Å²) in [6, 6.07) is 9.17. The van der Waals surface area contributed by atoms with E-state index < -0.39 is 11.2 Å². The van der Waals surface area contributed by atoms with Gasteiger partial charge in [-0.3, -0.25) is 19.6 Å². The number of amides is 3. The third kappa shape index (κ3) is 8.01. The smallest absolute Gasteiger partial charge is 0.338 e. The molecule has 0 aliphatic carbocycles. The first kappa shape index (κ1) is 30.6. The van der Waals surface area contributed by atoms with E-state index in [0.29, 0.717) is 26.2 Å². The zero-order chi connectivity index (χ0) is 27.3. The number of benzene rings is 1. The predicted molar refractivity (Wildman–Crippen MR) is 154 cm³/mol. The number of carbonyl (C=O) groups excluding carboxylic acids is 2. The Morgan fingerprint density at radius 1 is 1.00 bits per heavy atom. The maximum absolute atomic E-state index is 12.7. The molecule has 12 heteroatoms. The summed E-state index contributed by atoms with van der Waals surface area (Å²) < 4.78 is 1.46. The van der Waals surface area contributed by atoms with Crippen molar-refractivity contribution in [2.45, 2.75) is 45.2 Å². The lowest BCUT2D eigenvalue weighted by Crippen LogP contribution is -2.58. The minimum absolute atomic E-state index is 0. The Bertz CT molecular complexity index is 1160. The molecule has 39 heavy (non-hydrogen) atoms. The van der Waals surface area contributed by atoms with Crippen LogP contribution < -0.4 is 22.5 Å². The molecule has 2 aromatic rings. The lowest BCUT2D eigenvalue weighted by atomic mass is 9.93. The number of nitrogens with zero attached hydrogens (tertiary/aromatic N) is 5. The van der Waals surface area contributed by atoms with Crippen LogP contribution >= 0.6 is 12.4 Å². The fraction of sp³-hybridized carbons (Fsp3) is 0.556. The molecule has 2 aliphatic rings. The largest absolute Gasteiger partial charge is 0.354 e. The molecule has 11 nitrogen and oxygen atoms in total. The minimum Gasteiger partial charge on any atom is -0.338 e. The first-order valence-corrected chi connectivity index (χ1v) is 13.4. The Kier molecular flexibility index (Phi) is 10.5. The molecular weight excluding hydrogens is 520 g/mol. The van der Waals surface area contributed by atoms with Gasteiger partial charge in [-0.15, -0.1) is 12.4 Å². The van der Waals surface area contributed by atoms with E-state index >= 15 is 0 Å². The number of rotatable bonds is 7. The lowest BCUT2D eigenvalue weighted by molar-refractivity contribution is -0.137. The number of hydrogen-bond acceptors (Lipinski definition) is 7. The first-order valence-electron chi connectivity index (χ1n) is 13.4. The molecule has 5 N–H and O–H groups in total. The number of hydrogen-bond donors (Lipinski definition) is 3. The summed E-state index contributed by atoms with van der Waals surface area (Å²) in [6.07, 6.45) is 5.12. The van der Waals surface area contributed by atoms with Gasteiger partial charge in [0.25, 0.3) is 0 Å². The van der Waals surface area contributed by atoms with Crippen LogP contribution in [0, 0.1) is 5.92 Å². The van der Waals surface area contributed by atoms with Crippen LogP contribution in [0.5, 0.6) is 0 Å². The van der Waals surface area contributed by atoms with Gasteiger partial charge in [-0.2, -0.15) is 4.98 Å². The molecule has 2 fully saturated rings. The van der Waals surface area contributed by atoms with Crippen LogP contribution in [0.4, 0.5) is 10.6 Å². The lowest BCUT2D eigenvalue weighted by Gasteiger charge is -2.37. The number of piperidine rings is 1. The molecule has 0 unspecified atom stereocenters. The Morgan fingerprint density at radius 2 is 1.62 bits per heavy atom. The summed E-state index contributed by atoms with van der Waals surface area (Å²) in [5.74, 6) is 0.793. The number of likely N-dealkylation sites (tertiary alicyclic amines) is 1. The summed E-state index contributed by atoms with van der Waals surface area (Å²) in [5, 5.41) is 2.69. The normalized spacial score (nSPS) is 17.0. The van der Waals surface area contributed by atoms with Gasteiger partial charge in [0.1, 0.15) is 5.82 Å². The molecule has 2 aliphatic heterocycles. The van der Waals surface area contributed by atoms with Gasteiger partial charge in [0.05, 0.1) is 11.2 Å². The van der Waals surface area contributed by atoms with E-state index in [-0.39, 0.29) is 30.2 Å². The maximum Gasteiger partial charge on any atom is 0.354 e. The van der Waals surface area contributed by atoms with Gasteiger partial charge >= 0.3 is 11.7 Å². The van der Waals surface area contributed by atoms with Crippen LogP contribution in [0.3, 0.4) is 0 Å². The number of nitrogens with one attached hydrogen (secondary N) is 1. The molecule has 0 spiro atoms. The van der Waals surface area contributed by atoms with Gasteiger partial charge in [0.15, 0.2) is 0 Å². The topological polar surface area (TPSA) is 143 Å². The Balaban J connectivity index is 0.00000420. The number of nitrogens with two attached hydrogens (primary N) is 2. The fourth-order valence-electron chi connectivity index (χ4n) is 5.07. The summed E-state index contributed by atoms with van der Waals surface area (Å²) in [4.78, 5) is 47.5. The molecule has 1 aromatic heterocycles. The molecule has 0 saturated carbocycles. The van der Waals surface area contributed by atoms with E-state index in [2.05, 4.69) is 15.2 Å². The standard InChI is InChI=1S/C27H40N8O3.ClH/c1-27(2,29)24(36)33-15-17-34(18-16-33)25(37)30-23-10-14-35(26(38)31-23)22-5-3-21(4-6-22)19-32-12-8-20(7-11-28)9-13-32;/h3-6,10,14,20H,7-9,11-13,15-19,28-29H2,1-2H3,(H,30,31,37,38);1H. The number of halogens is 1. The van der Waals surface area contributed by atoms with Crippen molar-refractivity contribution >= 4 is 30.2 Å². The quantitative estimate of drug-likeness (QED) is 0.467. The average Bonchev–Trinajstić information content (AvgIpc) is 2.90. The summed E-state index contributed by atoms with van der Waals surface area (Å²) in [6.45, 7) is 8.74. The van der Waals surface area contributed by atoms with Crippen LogP contribution in [0.25, 0.3) is 5.69 Å². The fourth-order valence-corrected chi connectivity index (χ4v) is 5.07. The monoisotopic (exact) mass is 560 g/mol. The van der Waals surface area contributed by atoms with Crippen LogP contribution in [0.1, 0.15) is 38.7 Å². The zero-order valence-corrected chi connectivity index (χ0v) is 23.7. The number of piperazine rings is 1. The van der Waals surface area contributed by atoms with Gasteiger partial charge in [-0.05, 0) is 82.4 Å². The molecule has 0 bridgehead atoms. The van der Waals surface area contributed by atoms with Crippen molar-refractivity contribution < 1.29 is 9.59 Å². The van der Waals surface area contributed by atoms with Crippen molar-refractivity contribution in [3.8, 4) is 5.69 Å². The van der Waals surface area contributed by atoms with Crippen molar-refractivity contribution in [2.75, 3.05) is 51.1 Å². The van der Waals surface area contributed by atoms with E-state index in [1.807, 2.05) is 24.3 Å². The Morgan fingerprint density at radius 3 is 2.18 bits per heavy atom. The SMILES string of the molecule is CC(C)(N)C(=O)N1CCN(C(=O)Nc2ccn(-c3ccc(CN4CCC(CCN)CC4)cc3)c(=O)n2)CC1.Cl. The molecule has 0 atom stereocenters. The van der Waals surface area contributed by atoms with Crippen LogP contribution in [-0.2, 0) is 11.3 Å². The van der Waals surface area contributed by atoms with Gasteiger partial charge in [0, 0.05) is 38.9 Å². The molecule has 4 rings (SSSR count). The van der Waals surface area contributed by atoms with E-state index in [0.717, 1.165) is 44.2 Å². The van der Waals surface area contributed by atoms with Gasteiger partial charge < -0.3 is 21.3 Å². The van der Waals surface area contributed by atoms with E-state index in [1.165, 1.54) is 23.0 Å². The minimum atomic E-state index is -0.944. The molecule has 2 saturated heterocycles. The highest BCUT2D eigenvalue weighted by molar-refractivity contribution is 5.89. The molecule has 3 heterocycles. The highest BCUT2D eigenvalue weighted by atomic mass is 35.5. The van der Waals surface area contributed by atoms with Gasteiger partial charge in [-0.25, -0.2) is 9.59 Å². The number of anilines is 1. The van der Waals surface area contributed by atoms with E-state index in [4.69, 9.17) is 11.5 Å². The van der Waals surface area contributed by atoms with Crippen molar-refractivity contribution in [2.24, 2.45) is 17.4 Å². The predicted octanol–water partition coefficient (Wildman–Crippen LogP) is 1.63. The van der Waals surface area contributed by atoms with Gasteiger partial charge in [-0.1, -0.05) is 12.1 Å². The number of aromatic nitrogens is 2.